The number of nitrogens with zero attached hydrogens (tertiary/aromatic N) is 3. The van der Waals surface area contributed by atoms with Crippen LogP contribution < -0.4 is 4.90 Å². The van der Waals surface area contributed by atoms with Gasteiger partial charge in [0.05, 0.1) is 12.4 Å². The molecular formula is C10H16ClN3O. The Bertz CT molecular complexity index is 296. The van der Waals surface area contributed by atoms with Gasteiger partial charge in [0.2, 0.25) is 0 Å². The molecule has 1 aromatic rings. The van der Waals surface area contributed by atoms with E-state index in [2.05, 4.69) is 9.97 Å². The van der Waals surface area contributed by atoms with Crippen LogP contribution in [-0.4, -0.2) is 35.3 Å². The van der Waals surface area contributed by atoms with Crippen LogP contribution >= 0.6 is 11.6 Å². The molecule has 4 nitrogen and oxygen atoms in total. The van der Waals surface area contributed by atoms with Crippen LogP contribution in [0.1, 0.15) is 19.3 Å². The van der Waals surface area contributed by atoms with Crippen LogP contribution in [0, 0.1) is 0 Å². The number of rotatable bonds is 6. The summed E-state index contributed by atoms with van der Waals surface area (Å²) in [4.78, 5) is 10.1. The summed E-state index contributed by atoms with van der Waals surface area (Å²) in [5.74, 6) is 0.784. The first kappa shape index (κ1) is 12.2. The van der Waals surface area contributed by atoms with Gasteiger partial charge in [-0.15, -0.1) is 0 Å². The smallest absolute Gasteiger partial charge is 0.149 e. The van der Waals surface area contributed by atoms with Crippen LogP contribution in [0.15, 0.2) is 12.4 Å². The molecule has 0 aliphatic carbocycles. The fraction of sp³-hybridized carbons (Fsp3) is 0.600. The van der Waals surface area contributed by atoms with Crippen molar-refractivity contribution in [1.29, 1.82) is 0 Å². The number of aromatic nitrogens is 2. The van der Waals surface area contributed by atoms with E-state index < -0.39 is 0 Å². The first-order valence-corrected chi connectivity index (χ1v) is 5.41. The quantitative estimate of drug-likeness (QED) is 0.755. The van der Waals surface area contributed by atoms with Crippen molar-refractivity contribution in [3.05, 3.63) is 17.5 Å². The lowest BCUT2D eigenvalue weighted by atomic mass is 10.2. The normalized spacial score (nSPS) is 10.3. The zero-order valence-electron chi connectivity index (χ0n) is 8.86. The van der Waals surface area contributed by atoms with Crippen molar-refractivity contribution in [3.8, 4) is 0 Å². The average Bonchev–Trinajstić information content (AvgIpc) is 2.24. The van der Waals surface area contributed by atoms with Crippen molar-refractivity contribution < 1.29 is 5.11 Å². The van der Waals surface area contributed by atoms with E-state index in [1.807, 2.05) is 11.9 Å². The maximum absolute atomic E-state index is 8.63. The minimum atomic E-state index is 0.265. The largest absolute Gasteiger partial charge is 0.396 e. The summed E-state index contributed by atoms with van der Waals surface area (Å²) in [6.07, 6.45) is 6.12. The third-order valence-corrected chi connectivity index (χ3v) is 2.32. The summed E-state index contributed by atoms with van der Waals surface area (Å²) in [7, 11) is 1.96. The predicted molar refractivity (Wildman–Crippen MR) is 61.2 cm³/mol. The van der Waals surface area contributed by atoms with E-state index in [1.54, 1.807) is 6.20 Å². The molecular weight excluding hydrogens is 214 g/mol. The molecule has 5 heteroatoms. The van der Waals surface area contributed by atoms with Gasteiger partial charge in [0.25, 0.3) is 0 Å². The van der Waals surface area contributed by atoms with Gasteiger partial charge in [0.15, 0.2) is 0 Å². The number of aliphatic hydroxyl groups excluding tert-OH is 1. The van der Waals surface area contributed by atoms with Crippen molar-refractivity contribution in [2.24, 2.45) is 0 Å². The Labute approximate surface area is 94.9 Å². The molecule has 0 saturated carbocycles. The highest BCUT2D eigenvalue weighted by atomic mass is 35.5. The summed E-state index contributed by atoms with van der Waals surface area (Å²) >= 11 is 5.74. The molecule has 0 bridgehead atoms. The topological polar surface area (TPSA) is 49.2 Å². The van der Waals surface area contributed by atoms with Gasteiger partial charge in [-0.1, -0.05) is 11.6 Å². The van der Waals surface area contributed by atoms with E-state index in [0.29, 0.717) is 5.15 Å². The number of halogens is 1. The van der Waals surface area contributed by atoms with Crippen LogP contribution in [0.4, 0.5) is 5.82 Å². The van der Waals surface area contributed by atoms with Crippen LogP contribution in [0.25, 0.3) is 0 Å². The molecule has 0 amide bonds. The van der Waals surface area contributed by atoms with Gasteiger partial charge >= 0.3 is 0 Å². The number of hydrogen-bond acceptors (Lipinski definition) is 4. The number of unbranched alkanes of at least 4 members (excludes halogenated alkanes) is 2. The van der Waals surface area contributed by atoms with Gasteiger partial charge in [-0.3, -0.25) is 4.98 Å². The second-order valence-corrected chi connectivity index (χ2v) is 3.79. The Morgan fingerprint density at radius 1 is 1.33 bits per heavy atom. The standard InChI is InChI=1S/C10H16ClN3O/c1-14(5-3-2-4-6-15)10-8-12-7-9(11)13-10/h7-8,15H,2-6H2,1H3. The van der Waals surface area contributed by atoms with Gasteiger partial charge in [-0.2, -0.15) is 0 Å². The average molecular weight is 230 g/mol. The fourth-order valence-electron chi connectivity index (χ4n) is 1.27. The summed E-state index contributed by atoms with van der Waals surface area (Å²) in [5, 5.41) is 9.04. The third kappa shape index (κ3) is 4.44. The van der Waals surface area contributed by atoms with Gasteiger partial charge in [0, 0.05) is 20.2 Å². The Balaban J connectivity index is 2.36. The molecule has 0 unspecified atom stereocenters. The second kappa shape index (κ2) is 6.58. The highest BCUT2D eigenvalue weighted by Crippen LogP contribution is 2.11. The van der Waals surface area contributed by atoms with E-state index in [1.165, 1.54) is 6.20 Å². The molecule has 1 rings (SSSR count). The lowest BCUT2D eigenvalue weighted by Crippen LogP contribution is -2.19. The summed E-state index contributed by atoms with van der Waals surface area (Å²) in [6, 6.07) is 0. The molecule has 1 heterocycles. The lowest BCUT2D eigenvalue weighted by Gasteiger charge is -2.17. The number of aliphatic hydroxyl groups is 1. The highest BCUT2D eigenvalue weighted by molar-refractivity contribution is 6.29. The van der Waals surface area contributed by atoms with Gasteiger partial charge < -0.3 is 10.0 Å². The summed E-state index contributed by atoms with van der Waals surface area (Å²) in [6.45, 7) is 1.16. The SMILES string of the molecule is CN(CCCCCO)c1cncc(Cl)n1. The molecule has 0 saturated heterocycles. The maximum Gasteiger partial charge on any atom is 0.149 e. The van der Waals surface area contributed by atoms with Crippen LogP contribution in [0.3, 0.4) is 0 Å². The lowest BCUT2D eigenvalue weighted by molar-refractivity contribution is 0.283. The van der Waals surface area contributed by atoms with E-state index in [-0.39, 0.29) is 6.61 Å². The van der Waals surface area contributed by atoms with E-state index >= 15 is 0 Å². The van der Waals surface area contributed by atoms with Crippen molar-refractivity contribution in [2.45, 2.75) is 19.3 Å². The number of anilines is 1. The Hall–Kier alpha value is -0.870. The third-order valence-electron chi connectivity index (χ3n) is 2.14. The van der Waals surface area contributed by atoms with Crippen LogP contribution in [-0.2, 0) is 0 Å². The summed E-state index contributed by atoms with van der Waals surface area (Å²) < 4.78 is 0. The van der Waals surface area contributed by atoms with Crippen molar-refractivity contribution in [2.75, 3.05) is 25.1 Å². The molecule has 0 aliphatic heterocycles. The predicted octanol–water partition coefficient (Wildman–Crippen LogP) is 1.73. The minimum Gasteiger partial charge on any atom is -0.396 e. The Morgan fingerprint density at radius 2 is 2.13 bits per heavy atom. The van der Waals surface area contributed by atoms with Crippen LogP contribution in [0.5, 0.6) is 0 Å². The van der Waals surface area contributed by atoms with Crippen molar-refractivity contribution in [1.82, 2.24) is 9.97 Å². The Kier molecular flexibility index (Phi) is 5.36. The molecule has 0 fully saturated rings. The fourth-order valence-corrected chi connectivity index (χ4v) is 1.41. The monoisotopic (exact) mass is 229 g/mol. The van der Waals surface area contributed by atoms with Gasteiger partial charge in [0.1, 0.15) is 11.0 Å². The van der Waals surface area contributed by atoms with E-state index in [9.17, 15) is 0 Å². The molecule has 84 valence electrons. The van der Waals surface area contributed by atoms with Crippen molar-refractivity contribution in [3.63, 3.8) is 0 Å². The van der Waals surface area contributed by atoms with Gasteiger partial charge in [-0.05, 0) is 19.3 Å². The first-order chi connectivity index (χ1) is 7.24. The maximum atomic E-state index is 8.63. The van der Waals surface area contributed by atoms with Gasteiger partial charge in [-0.25, -0.2) is 4.98 Å². The van der Waals surface area contributed by atoms with Crippen molar-refractivity contribution >= 4 is 17.4 Å². The molecule has 15 heavy (non-hydrogen) atoms. The molecule has 0 spiro atoms. The molecule has 0 aromatic carbocycles. The van der Waals surface area contributed by atoms with E-state index in [4.69, 9.17) is 16.7 Å². The second-order valence-electron chi connectivity index (χ2n) is 3.41. The zero-order chi connectivity index (χ0) is 11.1. The van der Waals surface area contributed by atoms with E-state index in [0.717, 1.165) is 31.6 Å². The number of hydrogen-bond donors (Lipinski definition) is 1. The Morgan fingerprint density at radius 3 is 2.80 bits per heavy atom. The highest BCUT2D eigenvalue weighted by Gasteiger charge is 2.02. The molecule has 1 N–H and O–H groups in total. The minimum absolute atomic E-state index is 0.265. The molecule has 0 aliphatic rings. The first-order valence-electron chi connectivity index (χ1n) is 5.03. The summed E-state index contributed by atoms with van der Waals surface area (Å²) in [5.41, 5.74) is 0. The zero-order valence-corrected chi connectivity index (χ0v) is 9.61. The molecule has 0 radical (unpaired) electrons. The molecule has 0 atom stereocenters. The van der Waals surface area contributed by atoms with Crippen LogP contribution in [0.2, 0.25) is 5.15 Å². The molecule has 1 aromatic heterocycles.